The van der Waals surface area contributed by atoms with E-state index in [4.69, 9.17) is 15.1 Å². The number of nitrogens with zero attached hydrogens (tertiary/aromatic N) is 1. The van der Waals surface area contributed by atoms with Gasteiger partial charge in [-0.05, 0) is 6.07 Å². The van der Waals surface area contributed by atoms with Crippen molar-refractivity contribution < 1.29 is 14.2 Å². The SMILES string of the molecule is COc1cc(F)c(CO)cc1C#N. The van der Waals surface area contributed by atoms with Crippen LogP contribution in [0.5, 0.6) is 5.75 Å². The monoisotopic (exact) mass is 181 g/mol. The second kappa shape index (κ2) is 3.87. The van der Waals surface area contributed by atoms with Gasteiger partial charge in [0, 0.05) is 11.6 Å². The van der Waals surface area contributed by atoms with Gasteiger partial charge < -0.3 is 9.84 Å². The number of halogens is 1. The third-order valence-electron chi connectivity index (χ3n) is 1.66. The first kappa shape index (κ1) is 9.49. The lowest BCUT2D eigenvalue weighted by Crippen LogP contribution is -1.95. The van der Waals surface area contributed by atoms with Crippen LogP contribution in [0.15, 0.2) is 12.1 Å². The molecule has 1 aromatic carbocycles. The topological polar surface area (TPSA) is 53.2 Å². The normalized spacial score (nSPS) is 9.38. The Hall–Kier alpha value is -1.60. The zero-order valence-electron chi connectivity index (χ0n) is 7.04. The van der Waals surface area contributed by atoms with Gasteiger partial charge in [0.2, 0.25) is 0 Å². The minimum absolute atomic E-state index is 0.0948. The van der Waals surface area contributed by atoms with Crippen molar-refractivity contribution in [2.45, 2.75) is 6.61 Å². The third kappa shape index (κ3) is 1.76. The fourth-order valence-electron chi connectivity index (χ4n) is 0.977. The summed E-state index contributed by atoms with van der Waals surface area (Å²) in [6.07, 6.45) is 0. The van der Waals surface area contributed by atoms with Crippen LogP contribution in [0, 0.1) is 17.1 Å². The molecule has 68 valence electrons. The molecule has 0 aromatic heterocycles. The number of hydrogen-bond donors (Lipinski definition) is 1. The maximum Gasteiger partial charge on any atom is 0.139 e. The lowest BCUT2D eigenvalue weighted by Gasteiger charge is -2.05. The van der Waals surface area contributed by atoms with Gasteiger partial charge in [-0.3, -0.25) is 0 Å². The van der Waals surface area contributed by atoms with E-state index >= 15 is 0 Å². The van der Waals surface area contributed by atoms with Crippen LogP contribution in [0.1, 0.15) is 11.1 Å². The molecule has 0 radical (unpaired) electrons. The molecular weight excluding hydrogens is 173 g/mol. The summed E-state index contributed by atoms with van der Waals surface area (Å²) in [5, 5.41) is 17.3. The highest BCUT2D eigenvalue weighted by Gasteiger charge is 2.08. The molecule has 0 aliphatic heterocycles. The first-order valence-electron chi connectivity index (χ1n) is 3.60. The number of nitriles is 1. The van der Waals surface area contributed by atoms with E-state index in [0.29, 0.717) is 0 Å². The number of ether oxygens (including phenoxy) is 1. The summed E-state index contributed by atoms with van der Waals surface area (Å²) in [5.74, 6) is -0.393. The van der Waals surface area contributed by atoms with Crippen molar-refractivity contribution in [3.05, 3.63) is 29.1 Å². The average Bonchev–Trinajstić information content (AvgIpc) is 2.17. The van der Waals surface area contributed by atoms with Crippen molar-refractivity contribution in [2.75, 3.05) is 7.11 Å². The van der Waals surface area contributed by atoms with E-state index in [1.165, 1.54) is 13.2 Å². The van der Waals surface area contributed by atoms with Crippen LogP contribution in [0.25, 0.3) is 0 Å². The predicted octanol–water partition coefficient (Wildman–Crippen LogP) is 1.20. The Morgan fingerprint density at radius 3 is 2.77 bits per heavy atom. The van der Waals surface area contributed by atoms with Crippen LogP contribution in [0.4, 0.5) is 4.39 Å². The Kier molecular flexibility index (Phi) is 2.83. The van der Waals surface area contributed by atoms with Crippen molar-refractivity contribution in [1.82, 2.24) is 0 Å². The summed E-state index contributed by atoms with van der Waals surface area (Å²) < 4.78 is 17.8. The maximum atomic E-state index is 13.0. The van der Waals surface area contributed by atoms with E-state index < -0.39 is 12.4 Å². The standard InChI is InChI=1S/C9H8FNO2/c1-13-9-3-8(10)7(5-12)2-6(9)4-11/h2-3,12H,5H2,1H3. The van der Waals surface area contributed by atoms with Gasteiger partial charge in [0.15, 0.2) is 0 Å². The van der Waals surface area contributed by atoms with Gasteiger partial charge in [0.25, 0.3) is 0 Å². The van der Waals surface area contributed by atoms with E-state index in [2.05, 4.69) is 0 Å². The minimum Gasteiger partial charge on any atom is -0.495 e. The van der Waals surface area contributed by atoms with Gasteiger partial charge >= 0.3 is 0 Å². The Morgan fingerprint density at radius 2 is 2.31 bits per heavy atom. The number of hydrogen-bond acceptors (Lipinski definition) is 3. The van der Waals surface area contributed by atoms with Gasteiger partial charge in [0.05, 0.1) is 19.3 Å². The van der Waals surface area contributed by atoms with Crippen LogP contribution in [0.3, 0.4) is 0 Å². The number of aliphatic hydroxyl groups excluding tert-OH is 1. The summed E-state index contributed by atoms with van der Waals surface area (Å²) in [7, 11) is 1.36. The highest BCUT2D eigenvalue weighted by molar-refractivity contribution is 5.45. The summed E-state index contributed by atoms with van der Waals surface area (Å²) >= 11 is 0. The van der Waals surface area contributed by atoms with E-state index in [-0.39, 0.29) is 16.9 Å². The molecular formula is C9H8FNO2. The second-order valence-electron chi connectivity index (χ2n) is 2.41. The predicted molar refractivity (Wildman–Crippen MR) is 43.6 cm³/mol. The number of methoxy groups -OCH3 is 1. The second-order valence-corrected chi connectivity index (χ2v) is 2.41. The van der Waals surface area contributed by atoms with Crippen molar-refractivity contribution >= 4 is 0 Å². The van der Waals surface area contributed by atoms with Crippen molar-refractivity contribution in [1.29, 1.82) is 5.26 Å². The lowest BCUT2D eigenvalue weighted by atomic mass is 10.1. The summed E-state index contributed by atoms with van der Waals surface area (Å²) in [5.41, 5.74) is 0.310. The fraction of sp³-hybridized carbons (Fsp3) is 0.222. The van der Waals surface area contributed by atoms with Crippen molar-refractivity contribution in [3.8, 4) is 11.8 Å². The van der Waals surface area contributed by atoms with E-state index in [1.807, 2.05) is 6.07 Å². The number of aliphatic hydroxyl groups is 1. The van der Waals surface area contributed by atoms with Crippen LogP contribution < -0.4 is 4.74 Å². The largest absolute Gasteiger partial charge is 0.495 e. The van der Waals surface area contributed by atoms with Crippen LogP contribution in [-0.2, 0) is 6.61 Å². The molecule has 0 heterocycles. The first-order chi connectivity index (χ1) is 6.22. The molecule has 0 spiro atoms. The molecule has 3 nitrogen and oxygen atoms in total. The molecule has 0 bridgehead atoms. The number of rotatable bonds is 2. The summed E-state index contributed by atoms with van der Waals surface area (Å²) in [6.45, 7) is -0.426. The molecule has 1 aromatic rings. The van der Waals surface area contributed by atoms with Crippen molar-refractivity contribution in [2.24, 2.45) is 0 Å². The molecule has 0 aliphatic rings. The van der Waals surface area contributed by atoms with Gasteiger partial charge in [-0.1, -0.05) is 0 Å². The molecule has 0 saturated heterocycles. The molecule has 0 amide bonds. The van der Waals surface area contributed by atoms with Crippen LogP contribution >= 0.6 is 0 Å². The third-order valence-corrected chi connectivity index (χ3v) is 1.66. The maximum absolute atomic E-state index is 13.0. The van der Waals surface area contributed by atoms with Crippen LogP contribution in [0.2, 0.25) is 0 Å². The molecule has 0 atom stereocenters. The fourth-order valence-corrected chi connectivity index (χ4v) is 0.977. The molecule has 13 heavy (non-hydrogen) atoms. The van der Waals surface area contributed by atoms with Gasteiger partial charge in [-0.2, -0.15) is 5.26 Å². The molecule has 1 N–H and O–H groups in total. The zero-order valence-corrected chi connectivity index (χ0v) is 7.04. The molecule has 0 fully saturated rings. The summed E-state index contributed by atoms with van der Waals surface area (Å²) in [4.78, 5) is 0. The quantitative estimate of drug-likeness (QED) is 0.745. The number of benzene rings is 1. The molecule has 1 rings (SSSR count). The molecule has 0 aliphatic carbocycles. The highest BCUT2D eigenvalue weighted by atomic mass is 19.1. The van der Waals surface area contributed by atoms with E-state index in [0.717, 1.165) is 6.07 Å². The Morgan fingerprint density at radius 1 is 1.62 bits per heavy atom. The van der Waals surface area contributed by atoms with Gasteiger partial charge in [-0.25, -0.2) is 4.39 Å². The Labute approximate surface area is 75.0 Å². The van der Waals surface area contributed by atoms with E-state index in [9.17, 15) is 4.39 Å². The minimum atomic E-state index is -0.571. The molecule has 0 saturated carbocycles. The van der Waals surface area contributed by atoms with Gasteiger partial charge in [-0.15, -0.1) is 0 Å². The molecule has 4 heteroatoms. The van der Waals surface area contributed by atoms with Crippen LogP contribution in [-0.4, -0.2) is 12.2 Å². The Balaban J connectivity index is 3.28. The highest BCUT2D eigenvalue weighted by Crippen LogP contribution is 2.21. The molecule has 0 unspecified atom stereocenters. The van der Waals surface area contributed by atoms with Gasteiger partial charge in [0.1, 0.15) is 17.6 Å². The smallest absolute Gasteiger partial charge is 0.139 e. The lowest BCUT2D eigenvalue weighted by molar-refractivity contribution is 0.275. The van der Waals surface area contributed by atoms with E-state index in [1.54, 1.807) is 0 Å². The zero-order chi connectivity index (χ0) is 9.84. The van der Waals surface area contributed by atoms with Crippen molar-refractivity contribution in [3.63, 3.8) is 0 Å². The Bertz CT molecular complexity index is 357. The average molecular weight is 181 g/mol. The summed E-state index contributed by atoms with van der Waals surface area (Å²) in [6, 6.07) is 4.21. The first-order valence-corrected chi connectivity index (χ1v) is 3.60.